The summed E-state index contributed by atoms with van der Waals surface area (Å²) in [5.74, 6) is -0.387. The molecule has 0 amide bonds. The molecule has 0 saturated heterocycles. The van der Waals surface area contributed by atoms with Gasteiger partial charge in [0.1, 0.15) is 12.1 Å². The van der Waals surface area contributed by atoms with Crippen LogP contribution in [0.2, 0.25) is 0 Å². The van der Waals surface area contributed by atoms with Crippen LogP contribution in [0.25, 0.3) is 16.9 Å². The Morgan fingerprint density at radius 1 is 1.24 bits per heavy atom. The second-order valence-electron chi connectivity index (χ2n) is 4.06. The first-order valence-electron chi connectivity index (χ1n) is 5.71. The molecule has 0 aliphatic rings. The number of nitrogens with zero attached hydrogens (tertiary/aromatic N) is 3. The lowest BCUT2D eigenvalue weighted by Crippen LogP contribution is -2.17. The van der Waals surface area contributed by atoms with Gasteiger partial charge in [-0.05, 0) is 12.1 Å². The van der Waals surface area contributed by atoms with Gasteiger partial charge >= 0.3 is 6.36 Å². The van der Waals surface area contributed by atoms with Gasteiger partial charge in [0, 0.05) is 6.07 Å². The maximum atomic E-state index is 12.2. The largest absolute Gasteiger partial charge is 0.573 e. The summed E-state index contributed by atoms with van der Waals surface area (Å²) in [6.45, 7) is 0. The SMILES string of the molecule is O=c1[nH]cnc2ncn(-c3cccc(OC(F)(F)F)c3)c12. The molecule has 1 aromatic carbocycles. The molecule has 0 unspecified atom stereocenters. The molecule has 21 heavy (non-hydrogen) atoms. The molecule has 108 valence electrons. The van der Waals surface area contributed by atoms with Crippen molar-refractivity contribution >= 4 is 11.2 Å². The molecular weight excluding hydrogens is 289 g/mol. The van der Waals surface area contributed by atoms with E-state index in [1.165, 1.54) is 35.4 Å². The van der Waals surface area contributed by atoms with Gasteiger partial charge in [0.05, 0.1) is 12.0 Å². The van der Waals surface area contributed by atoms with E-state index in [1.807, 2.05) is 0 Å². The summed E-state index contributed by atoms with van der Waals surface area (Å²) in [5.41, 5.74) is 0.194. The van der Waals surface area contributed by atoms with Crippen LogP contribution in [0.3, 0.4) is 0 Å². The Hall–Kier alpha value is -2.84. The molecule has 1 N–H and O–H groups in total. The van der Waals surface area contributed by atoms with E-state index < -0.39 is 11.9 Å². The van der Waals surface area contributed by atoms with Crippen molar-refractivity contribution in [3.63, 3.8) is 0 Å². The second-order valence-corrected chi connectivity index (χ2v) is 4.06. The molecular formula is C12H7F3N4O2. The van der Waals surface area contributed by atoms with Crippen molar-refractivity contribution < 1.29 is 17.9 Å². The predicted octanol–water partition coefficient (Wildman–Crippen LogP) is 2.01. The average molecular weight is 296 g/mol. The number of halogens is 3. The second kappa shape index (κ2) is 4.62. The molecule has 6 nitrogen and oxygen atoms in total. The van der Waals surface area contributed by atoms with E-state index in [2.05, 4.69) is 19.7 Å². The van der Waals surface area contributed by atoms with Crippen molar-refractivity contribution in [2.45, 2.75) is 6.36 Å². The first-order valence-corrected chi connectivity index (χ1v) is 5.71. The molecule has 2 aromatic heterocycles. The van der Waals surface area contributed by atoms with Crippen LogP contribution in [0.5, 0.6) is 5.75 Å². The number of nitrogens with one attached hydrogen (secondary N) is 1. The minimum Gasteiger partial charge on any atom is -0.406 e. The van der Waals surface area contributed by atoms with E-state index in [-0.39, 0.29) is 16.9 Å². The van der Waals surface area contributed by atoms with Crippen molar-refractivity contribution in [1.29, 1.82) is 0 Å². The molecule has 3 rings (SSSR count). The number of ether oxygens (including phenoxy) is 1. The van der Waals surface area contributed by atoms with E-state index >= 15 is 0 Å². The number of alkyl halides is 3. The lowest BCUT2D eigenvalue weighted by molar-refractivity contribution is -0.274. The van der Waals surface area contributed by atoms with E-state index in [9.17, 15) is 18.0 Å². The normalized spacial score (nSPS) is 11.8. The monoisotopic (exact) mass is 296 g/mol. The Morgan fingerprint density at radius 2 is 2.05 bits per heavy atom. The van der Waals surface area contributed by atoms with Crippen molar-refractivity contribution in [1.82, 2.24) is 19.5 Å². The number of hydrogen-bond donors (Lipinski definition) is 1. The lowest BCUT2D eigenvalue weighted by Gasteiger charge is -2.10. The third-order valence-corrected chi connectivity index (χ3v) is 2.68. The molecule has 0 aliphatic heterocycles. The molecule has 0 fully saturated rings. The third kappa shape index (κ3) is 2.57. The zero-order valence-electron chi connectivity index (χ0n) is 10.3. The molecule has 0 spiro atoms. The van der Waals surface area contributed by atoms with Crippen LogP contribution in [-0.2, 0) is 0 Å². The molecule has 2 heterocycles. The zero-order valence-corrected chi connectivity index (χ0v) is 10.3. The summed E-state index contributed by atoms with van der Waals surface area (Å²) < 4.78 is 41.9. The fraction of sp³-hybridized carbons (Fsp3) is 0.0833. The van der Waals surface area contributed by atoms with Gasteiger partial charge in [-0.1, -0.05) is 6.07 Å². The number of benzene rings is 1. The smallest absolute Gasteiger partial charge is 0.406 e. The average Bonchev–Trinajstić information content (AvgIpc) is 2.82. The van der Waals surface area contributed by atoms with Gasteiger partial charge in [0.2, 0.25) is 0 Å². The summed E-state index contributed by atoms with van der Waals surface area (Å²) in [6, 6.07) is 5.23. The molecule has 9 heteroatoms. The van der Waals surface area contributed by atoms with E-state index in [4.69, 9.17) is 0 Å². The van der Waals surface area contributed by atoms with Gasteiger partial charge < -0.3 is 9.72 Å². The maximum Gasteiger partial charge on any atom is 0.573 e. The van der Waals surface area contributed by atoms with Crippen LogP contribution in [0, 0.1) is 0 Å². The summed E-state index contributed by atoms with van der Waals surface area (Å²) in [6.07, 6.45) is -2.28. The highest BCUT2D eigenvalue weighted by molar-refractivity contribution is 5.71. The molecule has 0 bridgehead atoms. The Morgan fingerprint density at radius 3 is 2.81 bits per heavy atom. The lowest BCUT2D eigenvalue weighted by atomic mass is 10.3. The fourth-order valence-corrected chi connectivity index (χ4v) is 1.89. The van der Waals surface area contributed by atoms with E-state index in [0.717, 1.165) is 6.07 Å². The number of H-pyrrole nitrogens is 1. The van der Waals surface area contributed by atoms with Gasteiger partial charge in [0.25, 0.3) is 5.56 Å². The molecule has 0 atom stereocenters. The number of aromatic amines is 1. The first-order chi connectivity index (χ1) is 9.94. The highest BCUT2D eigenvalue weighted by Crippen LogP contribution is 2.25. The number of hydrogen-bond acceptors (Lipinski definition) is 4. The summed E-state index contributed by atoms with van der Waals surface area (Å²) >= 11 is 0. The Balaban J connectivity index is 2.11. The predicted molar refractivity (Wildman–Crippen MR) is 66.2 cm³/mol. The fourth-order valence-electron chi connectivity index (χ4n) is 1.89. The number of fused-ring (bicyclic) bond motifs is 1. The third-order valence-electron chi connectivity index (χ3n) is 2.68. The van der Waals surface area contributed by atoms with Gasteiger partial charge in [-0.2, -0.15) is 0 Å². The van der Waals surface area contributed by atoms with Crippen LogP contribution in [0.15, 0.2) is 41.7 Å². The molecule has 0 aliphatic carbocycles. The minimum atomic E-state index is -4.78. The van der Waals surface area contributed by atoms with Crippen molar-refractivity contribution in [2.75, 3.05) is 0 Å². The van der Waals surface area contributed by atoms with E-state index in [0.29, 0.717) is 5.69 Å². The zero-order chi connectivity index (χ0) is 15.0. The summed E-state index contributed by atoms with van der Waals surface area (Å²) in [5, 5.41) is 0. The van der Waals surface area contributed by atoms with Crippen molar-refractivity contribution in [3.05, 3.63) is 47.3 Å². The standard InChI is InChI=1S/C12H7F3N4O2/c13-12(14,15)21-8-3-1-2-7(4-8)19-6-18-10-9(19)11(20)17-5-16-10/h1-6H,(H,16,17,20). The highest BCUT2D eigenvalue weighted by Gasteiger charge is 2.31. The quantitative estimate of drug-likeness (QED) is 0.785. The van der Waals surface area contributed by atoms with Gasteiger partial charge in [-0.3, -0.25) is 9.36 Å². The first kappa shape index (κ1) is 13.2. The minimum absolute atomic E-state index is 0.140. The molecule has 0 saturated carbocycles. The number of rotatable bonds is 2. The van der Waals surface area contributed by atoms with Crippen LogP contribution >= 0.6 is 0 Å². The van der Waals surface area contributed by atoms with Gasteiger partial charge in [0.15, 0.2) is 11.2 Å². The molecule has 0 radical (unpaired) electrons. The topological polar surface area (TPSA) is 72.8 Å². The van der Waals surface area contributed by atoms with Gasteiger partial charge in [-0.25, -0.2) is 9.97 Å². The Labute approximate surface area is 114 Å². The highest BCUT2D eigenvalue weighted by atomic mass is 19.4. The summed E-state index contributed by atoms with van der Waals surface area (Å²) in [4.78, 5) is 22.0. The van der Waals surface area contributed by atoms with Gasteiger partial charge in [-0.15, -0.1) is 13.2 Å². The number of aromatic nitrogens is 4. The maximum absolute atomic E-state index is 12.2. The van der Waals surface area contributed by atoms with Crippen LogP contribution < -0.4 is 10.3 Å². The van der Waals surface area contributed by atoms with Crippen LogP contribution in [-0.4, -0.2) is 25.9 Å². The number of imidazole rings is 1. The van der Waals surface area contributed by atoms with Crippen molar-refractivity contribution in [3.8, 4) is 11.4 Å². The van der Waals surface area contributed by atoms with Crippen LogP contribution in [0.4, 0.5) is 13.2 Å². The molecule has 3 aromatic rings. The summed E-state index contributed by atoms with van der Waals surface area (Å²) in [7, 11) is 0. The van der Waals surface area contributed by atoms with E-state index in [1.54, 1.807) is 0 Å². The Bertz CT molecular complexity index is 853. The van der Waals surface area contributed by atoms with Crippen molar-refractivity contribution in [2.24, 2.45) is 0 Å². The Kier molecular flexibility index (Phi) is 2.89. The van der Waals surface area contributed by atoms with Crippen LogP contribution in [0.1, 0.15) is 0 Å².